The molecule has 0 N–H and O–H groups in total. The number of carbonyl (C=O) groups excluding carboxylic acids is 1. The molecule has 30 heavy (non-hydrogen) atoms. The highest BCUT2D eigenvalue weighted by Crippen LogP contribution is 2.31. The van der Waals surface area contributed by atoms with Crippen LogP contribution < -0.4 is 4.90 Å². The highest BCUT2D eigenvalue weighted by molar-refractivity contribution is 5.95. The second-order valence-electron chi connectivity index (χ2n) is 7.42. The molecule has 0 aromatic carbocycles. The SMILES string of the molecule is CN(CC1CCN(C(=O)c2cn(C)nc2C(F)F)CC1)c1cc(C(F)(F)F)ccn1. The van der Waals surface area contributed by atoms with Gasteiger partial charge in [-0.3, -0.25) is 9.48 Å². The molecule has 0 atom stereocenters. The normalized spacial score (nSPS) is 15.7. The van der Waals surface area contributed by atoms with Gasteiger partial charge in [-0.05, 0) is 30.9 Å². The second-order valence-corrected chi connectivity index (χ2v) is 7.42. The minimum Gasteiger partial charge on any atom is -0.359 e. The number of rotatable bonds is 5. The maximum atomic E-state index is 13.1. The standard InChI is InChI=1S/C19H22F5N5O/c1-27(15-9-13(3-6-25-15)19(22,23)24)10-12-4-7-29(8-5-12)18(30)14-11-28(2)26-16(14)17(20)21/h3,6,9,11-12,17H,4-5,7-8,10H2,1-2H3. The summed E-state index contributed by atoms with van der Waals surface area (Å²) >= 11 is 0. The Balaban J connectivity index is 1.59. The maximum absolute atomic E-state index is 13.1. The van der Waals surface area contributed by atoms with Gasteiger partial charge in [0.1, 0.15) is 11.5 Å². The summed E-state index contributed by atoms with van der Waals surface area (Å²) in [5.74, 6) is -0.121. The molecule has 0 radical (unpaired) electrons. The Labute approximate surface area is 170 Å². The second kappa shape index (κ2) is 8.57. The van der Waals surface area contributed by atoms with E-state index in [4.69, 9.17) is 0 Å². The Morgan fingerprint density at radius 2 is 1.97 bits per heavy atom. The van der Waals surface area contributed by atoms with E-state index in [0.29, 0.717) is 32.5 Å². The van der Waals surface area contributed by atoms with Crippen LogP contribution in [0.5, 0.6) is 0 Å². The monoisotopic (exact) mass is 431 g/mol. The fraction of sp³-hybridized carbons (Fsp3) is 0.526. The number of amides is 1. The van der Waals surface area contributed by atoms with Crippen molar-refractivity contribution in [2.24, 2.45) is 13.0 Å². The lowest BCUT2D eigenvalue weighted by molar-refractivity contribution is -0.137. The number of hydrogen-bond acceptors (Lipinski definition) is 4. The molecule has 3 heterocycles. The molecule has 2 aromatic rings. The van der Waals surface area contributed by atoms with Gasteiger partial charge in [0.25, 0.3) is 12.3 Å². The van der Waals surface area contributed by atoms with E-state index in [2.05, 4.69) is 10.1 Å². The van der Waals surface area contributed by atoms with Crippen LogP contribution in [0.3, 0.4) is 0 Å². The van der Waals surface area contributed by atoms with Gasteiger partial charge < -0.3 is 9.80 Å². The lowest BCUT2D eigenvalue weighted by atomic mass is 9.95. The van der Waals surface area contributed by atoms with Gasteiger partial charge >= 0.3 is 6.18 Å². The first kappa shape index (κ1) is 22.0. The third-order valence-corrected chi connectivity index (χ3v) is 5.19. The molecule has 3 rings (SSSR count). The van der Waals surface area contributed by atoms with E-state index in [-0.39, 0.29) is 17.3 Å². The van der Waals surface area contributed by atoms with E-state index in [1.165, 1.54) is 22.8 Å². The molecule has 1 aliphatic rings. The van der Waals surface area contributed by atoms with Crippen molar-refractivity contribution in [2.45, 2.75) is 25.4 Å². The van der Waals surface area contributed by atoms with Gasteiger partial charge in [-0.15, -0.1) is 0 Å². The highest BCUT2D eigenvalue weighted by atomic mass is 19.4. The molecular formula is C19H22F5N5O. The Morgan fingerprint density at radius 1 is 1.30 bits per heavy atom. The predicted molar refractivity (Wildman–Crippen MR) is 99.3 cm³/mol. The first-order valence-corrected chi connectivity index (χ1v) is 9.41. The van der Waals surface area contributed by atoms with Crippen molar-refractivity contribution in [1.82, 2.24) is 19.7 Å². The van der Waals surface area contributed by atoms with Gasteiger partial charge in [0.15, 0.2) is 0 Å². The predicted octanol–water partition coefficient (Wildman–Crippen LogP) is 3.76. The number of carbonyl (C=O) groups is 1. The molecule has 0 unspecified atom stereocenters. The van der Waals surface area contributed by atoms with Crippen LogP contribution in [0.4, 0.5) is 27.8 Å². The van der Waals surface area contributed by atoms with E-state index < -0.39 is 29.8 Å². The molecule has 2 aromatic heterocycles. The van der Waals surface area contributed by atoms with Gasteiger partial charge in [-0.25, -0.2) is 13.8 Å². The van der Waals surface area contributed by atoms with Crippen LogP contribution in [-0.4, -0.2) is 52.3 Å². The van der Waals surface area contributed by atoms with Crippen LogP contribution in [0.2, 0.25) is 0 Å². The van der Waals surface area contributed by atoms with E-state index in [1.54, 1.807) is 11.9 Å². The van der Waals surface area contributed by atoms with E-state index >= 15 is 0 Å². The molecule has 1 saturated heterocycles. The lowest BCUT2D eigenvalue weighted by Gasteiger charge is -2.34. The number of anilines is 1. The first-order valence-electron chi connectivity index (χ1n) is 9.41. The summed E-state index contributed by atoms with van der Waals surface area (Å²) in [6, 6.07) is 1.93. The van der Waals surface area contributed by atoms with Gasteiger partial charge in [0.2, 0.25) is 0 Å². The molecule has 1 amide bonds. The molecule has 11 heteroatoms. The van der Waals surface area contributed by atoms with Crippen LogP contribution in [0.1, 0.15) is 40.9 Å². The number of pyridine rings is 1. The third kappa shape index (κ3) is 4.88. The summed E-state index contributed by atoms with van der Waals surface area (Å²) < 4.78 is 66.1. The average molecular weight is 431 g/mol. The minimum atomic E-state index is -4.44. The Kier molecular flexibility index (Phi) is 6.27. The van der Waals surface area contributed by atoms with E-state index in [1.807, 2.05) is 0 Å². The van der Waals surface area contributed by atoms with Crippen LogP contribution >= 0.6 is 0 Å². The molecule has 0 bridgehead atoms. The van der Waals surface area contributed by atoms with E-state index in [9.17, 15) is 26.7 Å². The van der Waals surface area contributed by atoms with Gasteiger partial charge in [0.05, 0.1) is 11.1 Å². The maximum Gasteiger partial charge on any atom is 0.416 e. The fourth-order valence-electron chi connectivity index (χ4n) is 3.60. The van der Waals surface area contributed by atoms with Crippen LogP contribution in [0.25, 0.3) is 0 Å². The number of aryl methyl sites for hydroxylation is 1. The number of hydrogen-bond donors (Lipinski definition) is 0. The van der Waals surface area contributed by atoms with Crippen molar-refractivity contribution in [3.05, 3.63) is 41.3 Å². The fourth-order valence-corrected chi connectivity index (χ4v) is 3.60. The molecular weight excluding hydrogens is 409 g/mol. The summed E-state index contributed by atoms with van der Waals surface area (Å²) in [6.07, 6.45) is -3.63. The number of halogens is 5. The Bertz CT molecular complexity index is 890. The molecule has 0 spiro atoms. The quantitative estimate of drug-likeness (QED) is 0.677. The molecule has 1 aliphatic heterocycles. The zero-order valence-electron chi connectivity index (χ0n) is 16.5. The van der Waals surface area contributed by atoms with Crippen molar-refractivity contribution >= 4 is 11.7 Å². The summed E-state index contributed by atoms with van der Waals surface area (Å²) in [5, 5.41) is 3.66. The minimum absolute atomic E-state index is 0.101. The third-order valence-electron chi connectivity index (χ3n) is 5.19. The summed E-state index contributed by atoms with van der Waals surface area (Å²) in [6.45, 7) is 1.24. The number of likely N-dealkylation sites (tertiary alicyclic amines) is 1. The molecule has 0 aliphatic carbocycles. The number of piperidine rings is 1. The summed E-state index contributed by atoms with van der Waals surface area (Å²) in [5.41, 5.74) is -1.39. The largest absolute Gasteiger partial charge is 0.416 e. The first-order chi connectivity index (χ1) is 14.1. The van der Waals surface area contributed by atoms with E-state index in [0.717, 1.165) is 18.3 Å². The smallest absolute Gasteiger partial charge is 0.359 e. The Hall–Kier alpha value is -2.72. The van der Waals surface area contributed by atoms with Gasteiger partial charge in [0, 0.05) is 46.1 Å². The number of nitrogens with zero attached hydrogens (tertiary/aromatic N) is 5. The number of aromatic nitrogens is 3. The van der Waals surface area contributed by atoms with Crippen molar-refractivity contribution in [3.63, 3.8) is 0 Å². The summed E-state index contributed by atoms with van der Waals surface area (Å²) in [4.78, 5) is 19.8. The zero-order chi connectivity index (χ0) is 22.1. The van der Waals surface area contributed by atoms with Crippen molar-refractivity contribution in [3.8, 4) is 0 Å². The lowest BCUT2D eigenvalue weighted by Crippen LogP contribution is -2.41. The molecule has 164 valence electrons. The average Bonchev–Trinajstić information content (AvgIpc) is 3.09. The summed E-state index contributed by atoms with van der Waals surface area (Å²) in [7, 11) is 3.15. The Morgan fingerprint density at radius 3 is 2.57 bits per heavy atom. The van der Waals surface area contributed by atoms with Crippen molar-refractivity contribution in [1.29, 1.82) is 0 Å². The van der Waals surface area contributed by atoms with Crippen molar-refractivity contribution in [2.75, 3.05) is 31.6 Å². The van der Waals surface area contributed by atoms with Crippen LogP contribution in [0.15, 0.2) is 24.5 Å². The zero-order valence-corrected chi connectivity index (χ0v) is 16.5. The number of alkyl halides is 5. The molecule has 0 saturated carbocycles. The van der Waals surface area contributed by atoms with Crippen LogP contribution in [-0.2, 0) is 13.2 Å². The van der Waals surface area contributed by atoms with Crippen molar-refractivity contribution < 1.29 is 26.7 Å². The molecule has 6 nitrogen and oxygen atoms in total. The van der Waals surface area contributed by atoms with Gasteiger partial charge in [-0.1, -0.05) is 0 Å². The highest BCUT2D eigenvalue weighted by Gasteiger charge is 2.32. The topological polar surface area (TPSA) is 54.3 Å². The molecule has 1 fully saturated rings. The van der Waals surface area contributed by atoms with Crippen LogP contribution in [0, 0.1) is 5.92 Å². The van der Waals surface area contributed by atoms with Gasteiger partial charge in [-0.2, -0.15) is 18.3 Å².